The van der Waals surface area contributed by atoms with Crippen LogP contribution in [0.15, 0.2) is 35.5 Å². The normalized spacial score (nSPS) is 12.3. The molecule has 150 valence electrons. The van der Waals surface area contributed by atoms with E-state index in [1.165, 1.54) is 18.9 Å². The number of methoxy groups -OCH3 is 1. The lowest BCUT2D eigenvalue weighted by atomic mass is 10.1. The molecule has 29 heavy (non-hydrogen) atoms. The predicted molar refractivity (Wildman–Crippen MR) is 113 cm³/mol. The lowest BCUT2D eigenvalue weighted by Crippen LogP contribution is -2.15. The van der Waals surface area contributed by atoms with Crippen LogP contribution < -0.4 is 0 Å². The Balaban J connectivity index is 1.70. The number of benzene rings is 1. The van der Waals surface area contributed by atoms with E-state index >= 15 is 0 Å². The molecule has 0 saturated carbocycles. The van der Waals surface area contributed by atoms with Crippen LogP contribution in [-0.2, 0) is 4.74 Å². The number of aryl methyl sites for hydroxylation is 1. The summed E-state index contributed by atoms with van der Waals surface area (Å²) >= 11 is 1.25. The number of rotatable bonds is 7. The van der Waals surface area contributed by atoms with Crippen molar-refractivity contribution in [2.45, 2.75) is 31.2 Å². The van der Waals surface area contributed by atoms with E-state index in [2.05, 4.69) is 20.2 Å². The van der Waals surface area contributed by atoms with Gasteiger partial charge in [-0.1, -0.05) is 48.2 Å². The monoisotopic (exact) mass is 410 g/mol. The van der Waals surface area contributed by atoms with Crippen LogP contribution in [0.1, 0.15) is 50.4 Å². The van der Waals surface area contributed by atoms with Crippen molar-refractivity contribution in [2.24, 2.45) is 0 Å². The molecule has 2 aromatic heterocycles. The molecule has 3 aromatic rings. The minimum absolute atomic E-state index is 0.128. The van der Waals surface area contributed by atoms with Crippen molar-refractivity contribution in [3.8, 4) is 0 Å². The number of hydrogen-bond acceptors (Lipinski definition) is 6. The highest BCUT2D eigenvalue weighted by Crippen LogP contribution is 2.26. The molecule has 8 heteroatoms. The minimum atomic E-state index is -0.459. The smallest absolute Gasteiger partial charge is 0.339 e. The third kappa shape index (κ3) is 4.65. The average Bonchev–Trinajstić information content (AvgIpc) is 3.29. The van der Waals surface area contributed by atoms with Gasteiger partial charge in [0.2, 0.25) is 5.16 Å². The highest BCUT2D eigenvalue weighted by molar-refractivity contribution is 8.00. The Bertz CT molecular complexity index is 1050. The standard InChI is InChI=1S/C21H22N4O3S/c1-12-17(20(27)28-4)13(2)22-18(12)19(26)14(3)29-21-23-16(24-25-21)11-10-15-8-6-5-7-9-15/h5-11,14,22H,1-4H3,(H,23,24,25)/b11-10+. The maximum absolute atomic E-state index is 12.9. The maximum Gasteiger partial charge on any atom is 0.339 e. The molecule has 0 radical (unpaired) electrons. The number of carbonyl (C=O) groups is 2. The molecule has 0 aliphatic heterocycles. The molecule has 0 aliphatic rings. The third-order valence-electron chi connectivity index (χ3n) is 4.44. The molecule has 2 heterocycles. The van der Waals surface area contributed by atoms with Crippen molar-refractivity contribution in [3.63, 3.8) is 0 Å². The number of aromatic amines is 2. The van der Waals surface area contributed by atoms with Gasteiger partial charge in [0.05, 0.1) is 23.6 Å². The van der Waals surface area contributed by atoms with E-state index in [-0.39, 0.29) is 5.78 Å². The Morgan fingerprint density at radius 3 is 2.59 bits per heavy atom. The molecule has 2 N–H and O–H groups in total. The quantitative estimate of drug-likeness (QED) is 0.346. The van der Waals surface area contributed by atoms with Crippen LogP contribution in [-0.4, -0.2) is 44.3 Å². The van der Waals surface area contributed by atoms with Gasteiger partial charge >= 0.3 is 5.97 Å². The minimum Gasteiger partial charge on any atom is -0.465 e. The fourth-order valence-corrected chi connectivity index (χ4v) is 3.73. The van der Waals surface area contributed by atoms with Crippen LogP contribution in [0, 0.1) is 13.8 Å². The van der Waals surface area contributed by atoms with E-state index in [1.54, 1.807) is 20.8 Å². The van der Waals surface area contributed by atoms with Gasteiger partial charge in [0, 0.05) is 5.69 Å². The Hall–Kier alpha value is -3.13. The first-order valence-electron chi connectivity index (χ1n) is 9.04. The average molecular weight is 410 g/mol. The second kappa shape index (κ2) is 8.91. The van der Waals surface area contributed by atoms with Gasteiger partial charge in [-0.3, -0.25) is 9.89 Å². The number of Topliss-reactive ketones (excluding diaryl/α,β-unsaturated/α-hetero) is 1. The molecule has 0 fully saturated rings. The van der Waals surface area contributed by atoms with Crippen molar-refractivity contribution in [1.29, 1.82) is 0 Å². The molecular weight excluding hydrogens is 388 g/mol. The molecule has 0 bridgehead atoms. The zero-order chi connectivity index (χ0) is 21.0. The number of ether oxygens (including phenoxy) is 1. The Morgan fingerprint density at radius 1 is 1.17 bits per heavy atom. The second-order valence-electron chi connectivity index (χ2n) is 6.49. The topological polar surface area (TPSA) is 101 Å². The van der Waals surface area contributed by atoms with Gasteiger partial charge in [-0.05, 0) is 38.0 Å². The summed E-state index contributed by atoms with van der Waals surface area (Å²) in [6.45, 7) is 5.27. The lowest BCUT2D eigenvalue weighted by Gasteiger charge is -2.07. The van der Waals surface area contributed by atoms with Gasteiger partial charge in [0.25, 0.3) is 0 Å². The van der Waals surface area contributed by atoms with Gasteiger partial charge in [0.15, 0.2) is 5.78 Å². The highest BCUT2D eigenvalue weighted by atomic mass is 32.2. The number of nitrogens with one attached hydrogen (secondary N) is 2. The summed E-state index contributed by atoms with van der Waals surface area (Å²) in [5.41, 5.74) is 3.07. The molecule has 0 amide bonds. The summed E-state index contributed by atoms with van der Waals surface area (Å²) in [7, 11) is 1.32. The summed E-state index contributed by atoms with van der Waals surface area (Å²) in [5, 5.41) is 7.08. The zero-order valence-electron chi connectivity index (χ0n) is 16.6. The van der Waals surface area contributed by atoms with E-state index in [9.17, 15) is 9.59 Å². The van der Waals surface area contributed by atoms with Crippen molar-refractivity contribution >= 4 is 35.7 Å². The highest BCUT2D eigenvalue weighted by Gasteiger charge is 2.26. The van der Waals surface area contributed by atoms with Crippen molar-refractivity contribution in [2.75, 3.05) is 7.11 Å². The number of hydrogen-bond donors (Lipinski definition) is 2. The van der Waals surface area contributed by atoms with Crippen molar-refractivity contribution in [1.82, 2.24) is 20.2 Å². The van der Waals surface area contributed by atoms with Gasteiger partial charge in [-0.2, -0.15) is 0 Å². The van der Waals surface area contributed by atoms with E-state index in [1.807, 2.05) is 42.5 Å². The molecule has 0 aliphatic carbocycles. The predicted octanol–water partition coefficient (Wildman–Crippen LogP) is 4.07. The summed E-state index contributed by atoms with van der Waals surface area (Å²) in [4.78, 5) is 32.2. The lowest BCUT2D eigenvalue weighted by molar-refractivity contribution is 0.0599. The fourth-order valence-electron chi connectivity index (χ4n) is 2.94. The van der Waals surface area contributed by atoms with Gasteiger partial charge in [-0.15, -0.1) is 5.10 Å². The number of esters is 1. The first-order valence-corrected chi connectivity index (χ1v) is 9.92. The zero-order valence-corrected chi connectivity index (χ0v) is 17.5. The number of carbonyl (C=O) groups excluding carboxylic acids is 2. The van der Waals surface area contributed by atoms with Crippen LogP contribution in [0.4, 0.5) is 0 Å². The van der Waals surface area contributed by atoms with Crippen molar-refractivity contribution in [3.05, 3.63) is 64.2 Å². The molecule has 7 nitrogen and oxygen atoms in total. The number of aromatic nitrogens is 4. The number of H-pyrrole nitrogens is 2. The number of thioether (sulfide) groups is 1. The van der Waals surface area contributed by atoms with Gasteiger partial charge in [-0.25, -0.2) is 9.78 Å². The molecule has 1 aromatic carbocycles. The summed E-state index contributed by atoms with van der Waals surface area (Å²) in [5.74, 6) is 0.0206. The van der Waals surface area contributed by atoms with E-state index < -0.39 is 11.2 Å². The molecular formula is C21H22N4O3S. The molecule has 0 saturated heterocycles. The molecule has 0 spiro atoms. The Labute approximate surface area is 173 Å². The van der Waals surface area contributed by atoms with Crippen molar-refractivity contribution < 1.29 is 14.3 Å². The summed E-state index contributed by atoms with van der Waals surface area (Å²) in [6, 6.07) is 9.87. The van der Waals surface area contributed by atoms with Crippen LogP contribution in [0.5, 0.6) is 0 Å². The van der Waals surface area contributed by atoms with Crippen LogP contribution in [0.25, 0.3) is 12.2 Å². The first-order chi connectivity index (χ1) is 13.9. The third-order valence-corrected chi connectivity index (χ3v) is 5.40. The largest absolute Gasteiger partial charge is 0.465 e. The van der Waals surface area contributed by atoms with E-state index in [0.717, 1.165) is 5.56 Å². The Morgan fingerprint density at radius 2 is 1.90 bits per heavy atom. The summed E-state index contributed by atoms with van der Waals surface area (Å²) in [6.07, 6.45) is 3.77. The van der Waals surface area contributed by atoms with Gasteiger partial charge in [0.1, 0.15) is 5.82 Å². The molecule has 1 unspecified atom stereocenters. The SMILES string of the molecule is COC(=O)c1c(C)[nH]c(C(=O)C(C)Sc2n[nH]c(/C=C/c3ccccc3)n2)c1C. The van der Waals surface area contributed by atoms with Crippen LogP contribution in [0.3, 0.4) is 0 Å². The Kier molecular flexibility index (Phi) is 6.33. The molecule has 1 atom stereocenters. The second-order valence-corrected chi connectivity index (χ2v) is 7.80. The fraction of sp³-hybridized carbons (Fsp3) is 0.238. The number of nitrogens with zero attached hydrogens (tertiary/aromatic N) is 2. The van der Waals surface area contributed by atoms with E-state index in [0.29, 0.717) is 33.5 Å². The van der Waals surface area contributed by atoms with E-state index in [4.69, 9.17) is 4.74 Å². The summed E-state index contributed by atoms with van der Waals surface area (Å²) < 4.78 is 4.80. The first kappa shape index (κ1) is 20.6. The number of ketones is 1. The van der Waals surface area contributed by atoms with Crippen LogP contribution in [0.2, 0.25) is 0 Å². The molecule has 3 rings (SSSR count). The maximum atomic E-state index is 12.9. The van der Waals surface area contributed by atoms with Crippen LogP contribution >= 0.6 is 11.8 Å². The van der Waals surface area contributed by atoms with Gasteiger partial charge < -0.3 is 9.72 Å².